The fourth-order valence-electron chi connectivity index (χ4n) is 4.49. The van der Waals surface area contributed by atoms with Gasteiger partial charge in [-0.1, -0.05) is 18.2 Å². The number of hydrogen-bond acceptors (Lipinski definition) is 6. The molecule has 1 saturated carbocycles. The fourth-order valence-corrected chi connectivity index (χ4v) is 6.25. The summed E-state index contributed by atoms with van der Waals surface area (Å²) in [5.41, 5.74) is 0.0929. The van der Waals surface area contributed by atoms with Gasteiger partial charge in [0, 0.05) is 18.7 Å². The maximum atomic E-state index is 13.9. The maximum absolute atomic E-state index is 13.9. The highest BCUT2D eigenvalue weighted by atomic mass is 32.2. The number of nitrogens with zero attached hydrogens (tertiary/aromatic N) is 4. The highest BCUT2D eigenvalue weighted by Gasteiger charge is 2.39. The van der Waals surface area contributed by atoms with Gasteiger partial charge in [0.15, 0.2) is 0 Å². The molecule has 0 radical (unpaired) electrons. The summed E-state index contributed by atoms with van der Waals surface area (Å²) in [5, 5.41) is 21.2. The van der Waals surface area contributed by atoms with Crippen molar-refractivity contribution in [3.8, 4) is 6.07 Å². The number of anilines is 1. The molecule has 4 rings (SSSR count). The van der Waals surface area contributed by atoms with Crippen LogP contribution in [0.1, 0.15) is 38.5 Å². The van der Waals surface area contributed by atoms with Crippen LogP contribution < -0.4 is 4.31 Å². The van der Waals surface area contributed by atoms with E-state index in [9.17, 15) is 18.5 Å². The second kappa shape index (κ2) is 8.96. The molecule has 0 aliphatic heterocycles. The number of aromatic amines is 1. The van der Waals surface area contributed by atoms with Gasteiger partial charge in [0.2, 0.25) is 0 Å². The average Bonchev–Trinajstić information content (AvgIpc) is 3.28. The minimum absolute atomic E-state index is 0.0468. The predicted octanol–water partition coefficient (Wildman–Crippen LogP) is 4.53. The molecular weight excluding hydrogens is 430 g/mol. The summed E-state index contributed by atoms with van der Waals surface area (Å²) in [6.45, 7) is 0. The van der Waals surface area contributed by atoms with Crippen molar-refractivity contribution in [2.75, 3.05) is 4.31 Å². The molecule has 1 aromatic carbocycles. The van der Waals surface area contributed by atoms with Gasteiger partial charge in [-0.05, 0) is 56.2 Å². The zero-order valence-electron chi connectivity index (χ0n) is 17.3. The highest BCUT2D eigenvalue weighted by Crippen LogP contribution is 2.42. The van der Waals surface area contributed by atoms with Crippen LogP contribution in [0.4, 0.5) is 11.4 Å². The molecule has 0 saturated heterocycles. The third kappa shape index (κ3) is 4.03. The smallest absolute Gasteiger partial charge is 0.312 e. The lowest BCUT2D eigenvalue weighted by atomic mass is 9.83. The lowest BCUT2D eigenvalue weighted by Crippen LogP contribution is -2.43. The Morgan fingerprint density at radius 1 is 1.19 bits per heavy atom. The van der Waals surface area contributed by atoms with Gasteiger partial charge in [-0.3, -0.25) is 14.4 Å². The van der Waals surface area contributed by atoms with Crippen molar-refractivity contribution in [1.29, 1.82) is 5.26 Å². The molecule has 0 bridgehead atoms. The molecule has 2 aromatic heterocycles. The summed E-state index contributed by atoms with van der Waals surface area (Å²) in [4.78, 5) is 18.4. The van der Waals surface area contributed by atoms with Crippen molar-refractivity contribution in [1.82, 2.24) is 9.97 Å². The molecule has 166 valence electrons. The normalized spacial score (nSPS) is 18.8. The number of H-pyrrole nitrogens is 1. The average molecular weight is 454 g/mol. The predicted molar refractivity (Wildman–Crippen MR) is 119 cm³/mol. The number of hydrogen-bond donors (Lipinski definition) is 1. The van der Waals surface area contributed by atoms with Crippen molar-refractivity contribution in [2.45, 2.75) is 49.5 Å². The Labute approximate surface area is 185 Å². The van der Waals surface area contributed by atoms with Crippen LogP contribution in [0.3, 0.4) is 0 Å². The van der Waals surface area contributed by atoms with Gasteiger partial charge in [0.1, 0.15) is 17.5 Å². The van der Waals surface area contributed by atoms with E-state index in [-0.39, 0.29) is 16.3 Å². The van der Waals surface area contributed by atoms with Gasteiger partial charge in [-0.15, -0.1) is 0 Å². The number of nitriles is 1. The van der Waals surface area contributed by atoms with Crippen molar-refractivity contribution in [3.05, 3.63) is 58.9 Å². The summed E-state index contributed by atoms with van der Waals surface area (Å²) in [7, 11) is -4.08. The van der Waals surface area contributed by atoms with Crippen LogP contribution in [-0.2, 0) is 10.0 Å². The van der Waals surface area contributed by atoms with E-state index in [1.54, 1.807) is 30.5 Å². The monoisotopic (exact) mass is 453 g/mol. The molecule has 3 aromatic rings. The van der Waals surface area contributed by atoms with Gasteiger partial charge in [0.25, 0.3) is 10.0 Å². The quantitative estimate of drug-likeness (QED) is 0.413. The molecule has 0 amide bonds. The molecule has 0 spiro atoms. The van der Waals surface area contributed by atoms with Crippen LogP contribution in [-0.4, -0.2) is 29.4 Å². The number of nitro groups is 1. The van der Waals surface area contributed by atoms with Crippen LogP contribution in [0.5, 0.6) is 0 Å². The maximum Gasteiger partial charge on any atom is 0.312 e. The van der Waals surface area contributed by atoms with Crippen LogP contribution >= 0.6 is 0 Å². The molecule has 1 N–H and O–H groups in total. The molecule has 32 heavy (non-hydrogen) atoms. The molecule has 10 heteroatoms. The minimum atomic E-state index is -4.08. The van der Waals surface area contributed by atoms with Gasteiger partial charge < -0.3 is 4.98 Å². The van der Waals surface area contributed by atoms with Crippen LogP contribution in [0, 0.1) is 27.4 Å². The third-order valence-electron chi connectivity index (χ3n) is 6.07. The first-order valence-electron chi connectivity index (χ1n) is 10.5. The van der Waals surface area contributed by atoms with Crippen molar-refractivity contribution in [3.63, 3.8) is 0 Å². The molecule has 1 aliphatic carbocycles. The number of aromatic nitrogens is 2. The first-order valence-corrected chi connectivity index (χ1v) is 11.9. The van der Waals surface area contributed by atoms with E-state index >= 15 is 0 Å². The highest BCUT2D eigenvalue weighted by molar-refractivity contribution is 7.93. The molecule has 1 aliphatic rings. The van der Waals surface area contributed by atoms with Crippen molar-refractivity contribution >= 4 is 32.4 Å². The Kier molecular flexibility index (Phi) is 6.10. The number of nitrogens with one attached hydrogen (secondary N) is 1. The summed E-state index contributed by atoms with van der Waals surface area (Å²) >= 11 is 0. The van der Waals surface area contributed by atoms with Crippen molar-refractivity contribution < 1.29 is 13.3 Å². The van der Waals surface area contributed by atoms with Crippen LogP contribution in [0.2, 0.25) is 0 Å². The fraction of sp³-hybridized carbons (Fsp3) is 0.364. The van der Waals surface area contributed by atoms with Crippen LogP contribution in [0.25, 0.3) is 11.0 Å². The van der Waals surface area contributed by atoms with E-state index in [1.165, 1.54) is 16.4 Å². The second-order valence-electron chi connectivity index (χ2n) is 7.97. The topological polar surface area (TPSA) is 133 Å². The van der Waals surface area contributed by atoms with E-state index < -0.39 is 21.0 Å². The SMILES string of the molecule is N#CCCC1CCC(N(c2c([N+](=O)[O-])cnc3[nH]ccc23)S(=O)(=O)c2ccccc2)CC1. The lowest BCUT2D eigenvalue weighted by Gasteiger charge is -2.37. The standard InChI is InChI=1S/C22H23N5O4S/c23-13-4-5-16-8-10-17(11-9-16)26(32(30,31)18-6-2-1-3-7-18)21-19-12-14-24-22(19)25-15-20(21)27(28)29/h1-3,6-7,12,14-17H,4-5,8-11H2,(H,24,25). The lowest BCUT2D eigenvalue weighted by molar-refractivity contribution is -0.384. The molecule has 0 unspecified atom stereocenters. The number of benzene rings is 1. The summed E-state index contributed by atoms with van der Waals surface area (Å²) in [6.07, 6.45) is 6.62. The number of fused-ring (bicyclic) bond motifs is 1. The van der Waals surface area contributed by atoms with Gasteiger partial charge >= 0.3 is 5.69 Å². The van der Waals surface area contributed by atoms with E-state index in [1.807, 2.05) is 0 Å². The summed E-state index contributed by atoms with van der Waals surface area (Å²) in [5.74, 6) is 0.354. The summed E-state index contributed by atoms with van der Waals surface area (Å²) < 4.78 is 29.0. The molecule has 0 atom stereocenters. The first kappa shape index (κ1) is 21.8. The van der Waals surface area contributed by atoms with E-state index in [4.69, 9.17) is 5.26 Å². The Hall–Kier alpha value is -3.45. The van der Waals surface area contributed by atoms with Gasteiger partial charge in [0.05, 0.1) is 21.3 Å². The number of rotatable bonds is 7. The Morgan fingerprint density at radius 3 is 2.56 bits per heavy atom. The second-order valence-corrected chi connectivity index (χ2v) is 9.79. The zero-order chi connectivity index (χ0) is 22.7. The van der Waals surface area contributed by atoms with Gasteiger partial charge in [-0.25, -0.2) is 13.4 Å². The first-order chi connectivity index (χ1) is 15.4. The van der Waals surface area contributed by atoms with Crippen molar-refractivity contribution in [2.24, 2.45) is 5.92 Å². The minimum Gasteiger partial charge on any atom is -0.346 e. The third-order valence-corrected chi connectivity index (χ3v) is 7.93. The van der Waals surface area contributed by atoms with E-state index in [0.29, 0.717) is 36.2 Å². The van der Waals surface area contributed by atoms with Gasteiger partial charge in [-0.2, -0.15) is 5.26 Å². The molecular formula is C22H23N5O4S. The Morgan fingerprint density at radius 2 is 1.91 bits per heavy atom. The van der Waals surface area contributed by atoms with Crippen LogP contribution in [0.15, 0.2) is 53.7 Å². The Bertz CT molecular complexity index is 1260. The van der Waals surface area contributed by atoms with E-state index in [0.717, 1.165) is 25.5 Å². The van der Waals surface area contributed by atoms with E-state index in [2.05, 4.69) is 16.0 Å². The Balaban J connectivity index is 1.85. The number of sulfonamides is 1. The molecule has 1 fully saturated rings. The largest absolute Gasteiger partial charge is 0.346 e. The zero-order valence-corrected chi connectivity index (χ0v) is 18.2. The number of pyridine rings is 1. The molecule has 2 heterocycles. The molecule has 9 nitrogen and oxygen atoms in total. The summed E-state index contributed by atoms with van der Waals surface area (Å²) in [6, 6.07) is 11.4.